The molecule has 0 aromatic heterocycles. The number of hydrogen-bond acceptors (Lipinski definition) is 3. The van der Waals surface area contributed by atoms with Crippen LogP contribution >= 0.6 is 0 Å². The highest BCUT2D eigenvalue weighted by atomic mass is 16.5. The zero-order chi connectivity index (χ0) is 14.3. The molecule has 0 aliphatic carbocycles. The van der Waals surface area contributed by atoms with Crippen molar-refractivity contribution in [3.8, 4) is 5.75 Å². The van der Waals surface area contributed by atoms with Crippen molar-refractivity contribution in [2.75, 3.05) is 19.6 Å². The lowest BCUT2D eigenvalue weighted by Crippen LogP contribution is -2.27. The Hall–Kier alpha value is -1.35. The Kier molecular flexibility index (Phi) is 6.57. The van der Waals surface area contributed by atoms with E-state index in [1.54, 1.807) is 6.92 Å². The molecule has 0 saturated carbocycles. The molecule has 1 unspecified atom stereocenters. The lowest BCUT2D eigenvalue weighted by Gasteiger charge is -2.21. The first-order valence-corrected chi connectivity index (χ1v) is 7.06. The Balaban J connectivity index is 2.43. The third-order valence-corrected chi connectivity index (χ3v) is 3.34. The van der Waals surface area contributed by atoms with Gasteiger partial charge in [0, 0.05) is 12.1 Å². The van der Waals surface area contributed by atoms with Gasteiger partial charge in [-0.25, -0.2) is 0 Å². The molecule has 0 heterocycles. The van der Waals surface area contributed by atoms with Crippen LogP contribution in [0, 0.1) is 0 Å². The summed E-state index contributed by atoms with van der Waals surface area (Å²) in [6, 6.07) is 7.36. The van der Waals surface area contributed by atoms with Crippen molar-refractivity contribution in [3.05, 3.63) is 29.8 Å². The van der Waals surface area contributed by atoms with E-state index in [4.69, 9.17) is 4.74 Å². The zero-order valence-corrected chi connectivity index (χ0v) is 12.5. The lowest BCUT2D eigenvalue weighted by atomic mass is 10.1. The van der Waals surface area contributed by atoms with E-state index in [-0.39, 0.29) is 11.9 Å². The summed E-state index contributed by atoms with van der Waals surface area (Å²) in [7, 11) is 0. The first kappa shape index (κ1) is 15.7. The van der Waals surface area contributed by atoms with Crippen molar-refractivity contribution in [2.45, 2.75) is 40.2 Å². The van der Waals surface area contributed by atoms with Gasteiger partial charge >= 0.3 is 0 Å². The molecule has 19 heavy (non-hydrogen) atoms. The van der Waals surface area contributed by atoms with Gasteiger partial charge in [0.25, 0.3) is 0 Å². The molecule has 0 aliphatic heterocycles. The van der Waals surface area contributed by atoms with Crippen molar-refractivity contribution in [2.24, 2.45) is 0 Å². The fourth-order valence-electron chi connectivity index (χ4n) is 1.96. The van der Waals surface area contributed by atoms with E-state index in [0.29, 0.717) is 0 Å². The summed E-state index contributed by atoms with van der Waals surface area (Å²) in [5.74, 6) is 0.915. The van der Waals surface area contributed by atoms with Gasteiger partial charge in [-0.15, -0.1) is 0 Å². The van der Waals surface area contributed by atoms with Gasteiger partial charge in [0.2, 0.25) is 0 Å². The summed E-state index contributed by atoms with van der Waals surface area (Å²) in [5.41, 5.74) is 0.725. The highest BCUT2D eigenvalue weighted by molar-refractivity contribution is 5.94. The molecule has 1 aromatic carbocycles. The number of benzene rings is 1. The van der Waals surface area contributed by atoms with E-state index in [9.17, 15) is 4.79 Å². The minimum absolute atomic E-state index is 0.0844. The highest BCUT2D eigenvalue weighted by Crippen LogP contribution is 2.15. The Morgan fingerprint density at radius 2 is 1.79 bits per heavy atom. The second-order valence-corrected chi connectivity index (χ2v) is 4.82. The Morgan fingerprint density at radius 3 is 2.26 bits per heavy atom. The third-order valence-electron chi connectivity index (χ3n) is 3.34. The van der Waals surface area contributed by atoms with Gasteiger partial charge in [0.1, 0.15) is 5.75 Å². The molecule has 0 bridgehead atoms. The van der Waals surface area contributed by atoms with Crippen molar-refractivity contribution in [1.82, 2.24) is 4.90 Å². The fraction of sp³-hybridized carbons (Fsp3) is 0.562. The van der Waals surface area contributed by atoms with Gasteiger partial charge in [-0.2, -0.15) is 0 Å². The summed E-state index contributed by atoms with van der Waals surface area (Å²) >= 11 is 0. The number of rotatable bonds is 8. The van der Waals surface area contributed by atoms with Crippen LogP contribution in [-0.2, 0) is 0 Å². The molecule has 0 fully saturated rings. The smallest absolute Gasteiger partial charge is 0.159 e. The van der Waals surface area contributed by atoms with Crippen LogP contribution in [-0.4, -0.2) is 36.4 Å². The van der Waals surface area contributed by atoms with Crippen LogP contribution in [0.4, 0.5) is 0 Å². The second-order valence-electron chi connectivity index (χ2n) is 4.82. The van der Waals surface area contributed by atoms with Crippen LogP contribution < -0.4 is 4.74 Å². The van der Waals surface area contributed by atoms with Crippen LogP contribution in [0.3, 0.4) is 0 Å². The lowest BCUT2D eigenvalue weighted by molar-refractivity contribution is 0.101. The Bertz CT molecular complexity index is 382. The summed E-state index contributed by atoms with van der Waals surface area (Å²) in [4.78, 5) is 13.6. The van der Waals surface area contributed by atoms with E-state index in [1.165, 1.54) is 0 Å². The van der Waals surface area contributed by atoms with E-state index in [0.717, 1.165) is 37.4 Å². The molecule has 0 aliphatic rings. The number of nitrogens with zero attached hydrogens (tertiary/aromatic N) is 1. The predicted octanol–water partition coefficient (Wildman–Crippen LogP) is 3.39. The molecule has 106 valence electrons. The zero-order valence-electron chi connectivity index (χ0n) is 12.5. The topological polar surface area (TPSA) is 29.5 Å². The normalized spacial score (nSPS) is 12.5. The Morgan fingerprint density at radius 1 is 1.21 bits per heavy atom. The molecule has 1 aromatic rings. The number of ketones is 1. The van der Waals surface area contributed by atoms with Crippen LogP contribution in [0.5, 0.6) is 5.75 Å². The van der Waals surface area contributed by atoms with Crippen LogP contribution in [0.1, 0.15) is 44.5 Å². The summed E-state index contributed by atoms with van der Waals surface area (Å²) in [6.45, 7) is 11.2. The largest absolute Gasteiger partial charge is 0.491 e. The maximum atomic E-state index is 11.2. The standard InChI is InChI=1S/C16H25NO2/c1-5-17(6-2)12-11-13(3)19-16-9-7-15(8-10-16)14(4)18/h7-10,13H,5-6,11-12H2,1-4H3. The van der Waals surface area contributed by atoms with E-state index in [1.807, 2.05) is 24.3 Å². The number of carbonyl (C=O) groups excluding carboxylic acids is 1. The molecule has 1 rings (SSSR count). The quantitative estimate of drug-likeness (QED) is 0.673. The molecular formula is C16H25NO2. The van der Waals surface area contributed by atoms with Gasteiger partial charge < -0.3 is 9.64 Å². The van der Waals surface area contributed by atoms with E-state index in [2.05, 4.69) is 25.7 Å². The molecule has 3 nitrogen and oxygen atoms in total. The minimum Gasteiger partial charge on any atom is -0.491 e. The summed E-state index contributed by atoms with van der Waals surface area (Å²) in [6.07, 6.45) is 1.19. The predicted molar refractivity (Wildman–Crippen MR) is 78.9 cm³/mol. The van der Waals surface area contributed by atoms with Crippen LogP contribution in [0.2, 0.25) is 0 Å². The van der Waals surface area contributed by atoms with Gasteiger partial charge in [0.05, 0.1) is 6.10 Å². The fourth-order valence-corrected chi connectivity index (χ4v) is 1.96. The van der Waals surface area contributed by atoms with Crippen molar-refractivity contribution < 1.29 is 9.53 Å². The van der Waals surface area contributed by atoms with Gasteiger partial charge in [-0.1, -0.05) is 13.8 Å². The van der Waals surface area contributed by atoms with E-state index < -0.39 is 0 Å². The maximum Gasteiger partial charge on any atom is 0.159 e. The molecular weight excluding hydrogens is 238 g/mol. The SMILES string of the molecule is CCN(CC)CCC(C)Oc1ccc(C(C)=O)cc1. The van der Waals surface area contributed by atoms with Gasteiger partial charge in [0.15, 0.2) is 5.78 Å². The van der Waals surface area contributed by atoms with Crippen molar-refractivity contribution in [1.29, 1.82) is 0 Å². The first-order chi connectivity index (χ1) is 9.06. The van der Waals surface area contributed by atoms with Crippen molar-refractivity contribution in [3.63, 3.8) is 0 Å². The highest BCUT2D eigenvalue weighted by Gasteiger charge is 2.07. The maximum absolute atomic E-state index is 11.2. The number of ether oxygens (including phenoxy) is 1. The third kappa shape index (κ3) is 5.43. The average molecular weight is 263 g/mol. The summed E-state index contributed by atoms with van der Waals surface area (Å²) in [5, 5.41) is 0. The second kappa shape index (κ2) is 7.95. The summed E-state index contributed by atoms with van der Waals surface area (Å²) < 4.78 is 5.85. The average Bonchev–Trinajstić information content (AvgIpc) is 2.40. The molecule has 0 saturated heterocycles. The van der Waals surface area contributed by atoms with Crippen molar-refractivity contribution >= 4 is 5.78 Å². The number of hydrogen-bond donors (Lipinski definition) is 0. The number of Topliss-reactive ketones (excluding diaryl/α,β-unsaturated/α-hetero) is 1. The molecule has 0 radical (unpaired) electrons. The molecule has 3 heteroatoms. The minimum atomic E-state index is 0.0844. The Labute approximate surface area is 116 Å². The molecule has 0 N–H and O–H groups in total. The van der Waals surface area contributed by atoms with Gasteiger partial charge in [-0.05, 0) is 57.6 Å². The van der Waals surface area contributed by atoms with Crippen LogP contribution in [0.25, 0.3) is 0 Å². The molecule has 1 atom stereocenters. The molecule has 0 amide bonds. The molecule has 0 spiro atoms. The van der Waals surface area contributed by atoms with Crippen LogP contribution in [0.15, 0.2) is 24.3 Å². The monoisotopic (exact) mass is 263 g/mol. The first-order valence-electron chi connectivity index (χ1n) is 7.06. The van der Waals surface area contributed by atoms with Gasteiger partial charge in [-0.3, -0.25) is 4.79 Å². The van der Waals surface area contributed by atoms with E-state index >= 15 is 0 Å². The number of carbonyl (C=O) groups is 1.